The van der Waals surface area contributed by atoms with E-state index in [9.17, 15) is 9.59 Å². The average molecular weight is 227 g/mol. The fraction of sp³-hybridized carbons (Fsp3) is 0.273. The smallest absolute Gasteiger partial charge is 0.313 e. The topological polar surface area (TPSA) is 43.4 Å². The summed E-state index contributed by atoms with van der Waals surface area (Å²) in [4.78, 5) is 21.6. The molecular formula is C11H11ClO3. The largest absolute Gasteiger partial charge is 0.460 e. The summed E-state index contributed by atoms with van der Waals surface area (Å²) in [6, 6.07) is 7.02. The molecule has 1 rings (SSSR count). The Hall–Kier alpha value is -1.35. The Morgan fingerprint density at radius 2 is 2.13 bits per heavy atom. The molecule has 1 aromatic rings. The fourth-order valence-corrected chi connectivity index (χ4v) is 1.26. The molecule has 0 saturated heterocycles. The molecule has 1 aromatic carbocycles. The van der Waals surface area contributed by atoms with Gasteiger partial charge in [-0.05, 0) is 24.6 Å². The lowest BCUT2D eigenvalue weighted by atomic mass is 10.2. The number of carbonyl (C=O) groups excluding carboxylic acids is 2. The lowest BCUT2D eigenvalue weighted by Crippen LogP contribution is -2.08. The van der Waals surface area contributed by atoms with Gasteiger partial charge in [0.1, 0.15) is 18.8 Å². The van der Waals surface area contributed by atoms with E-state index in [1.165, 1.54) is 6.92 Å². The summed E-state index contributed by atoms with van der Waals surface area (Å²) in [6.07, 6.45) is -0.180. The number of hydrogen-bond donors (Lipinski definition) is 0. The number of ether oxygens (including phenoxy) is 1. The Balaban J connectivity index is 2.43. The zero-order valence-electron chi connectivity index (χ0n) is 8.33. The molecule has 0 spiro atoms. The summed E-state index contributed by atoms with van der Waals surface area (Å²) < 4.78 is 4.88. The molecule has 80 valence electrons. The van der Waals surface area contributed by atoms with Crippen molar-refractivity contribution in [1.82, 2.24) is 0 Å². The molecular weight excluding hydrogens is 216 g/mol. The molecule has 0 unspecified atom stereocenters. The van der Waals surface area contributed by atoms with Crippen LogP contribution in [0.15, 0.2) is 24.3 Å². The van der Waals surface area contributed by atoms with E-state index in [0.717, 1.165) is 5.56 Å². The van der Waals surface area contributed by atoms with E-state index in [1.54, 1.807) is 24.3 Å². The summed E-state index contributed by atoms with van der Waals surface area (Å²) >= 11 is 5.75. The highest BCUT2D eigenvalue weighted by atomic mass is 35.5. The number of Topliss-reactive ketones (excluding diaryl/α,β-unsaturated/α-hetero) is 1. The molecule has 15 heavy (non-hydrogen) atoms. The van der Waals surface area contributed by atoms with Crippen molar-refractivity contribution in [3.8, 4) is 0 Å². The first-order valence-electron chi connectivity index (χ1n) is 4.47. The van der Waals surface area contributed by atoms with Gasteiger partial charge in [0.05, 0.1) is 0 Å². The van der Waals surface area contributed by atoms with Gasteiger partial charge in [-0.3, -0.25) is 9.59 Å². The van der Waals surface area contributed by atoms with E-state index in [4.69, 9.17) is 16.3 Å². The Morgan fingerprint density at radius 1 is 1.40 bits per heavy atom. The molecule has 0 heterocycles. The zero-order valence-corrected chi connectivity index (χ0v) is 9.08. The van der Waals surface area contributed by atoms with Crippen molar-refractivity contribution in [2.75, 3.05) is 0 Å². The molecule has 0 radical (unpaired) electrons. The van der Waals surface area contributed by atoms with Gasteiger partial charge in [0.2, 0.25) is 0 Å². The quantitative estimate of drug-likeness (QED) is 0.585. The molecule has 0 saturated carbocycles. The van der Waals surface area contributed by atoms with Gasteiger partial charge in [-0.15, -0.1) is 0 Å². The normalized spacial score (nSPS) is 9.73. The van der Waals surface area contributed by atoms with Gasteiger partial charge < -0.3 is 4.74 Å². The lowest BCUT2D eigenvalue weighted by molar-refractivity contribution is -0.146. The van der Waals surface area contributed by atoms with Crippen LogP contribution in [0.2, 0.25) is 5.02 Å². The maximum absolute atomic E-state index is 11.0. The zero-order chi connectivity index (χ0) is 11.3. The van der Waals surface area contributed by atoms with Crippen LogP contribution in [0.1, 0.15) is 18.9 Å². The minimum Gasteiger partial charge on any atom is -0.460 e. The van der Waals surface area contributed by atoms with Crippen LogP contribution in [-0.4, -0.2) is 11.8 Å². The Kier molecular flexibility index (Phi) is 4.31. The van der Waals surface area contributed by atoms with Crippen molar-refractivity contribution >= 4 is 23.4 Å². The van der Waals surface area contributed by atoms with Gasteiger partial charge in [-0.2, -0.15) is 0 Å². The highest BCUT2D eigenvalue weighted by molar-refractivity contribution is 6.30. The highest BCUT2D eigenvalue weighted by Crippen LogP contribution is 2.11. The monoisotopic (exact) mass is 226 g/mol. The maximum atomic E-state index is 11.0. The van der Waals surface area contributed by atoms with Crippen LogP contribution < -0.4 is 0 Å². The first-order valence-corrected chi connectivity index (χ1v) is 4.85. The predicted octanol–water partition coefficient (Wildman–Crippen LogP) is 2.36. The minimum atomic E-state index is -0.512. The molecule has 4 heteroatoms. The number of rotatable bonds is 4. The van der Waals surface area contributed by atoms with Gasteiger partial charge in [0.15, 0.2) is 0 Å². The second-order valence-corrected chi connectivity index (χ2v) is 3.61. The van der Waals surface area contributed by atoms with Crippen LogP contribution in [-0.2, 0) is 20.9 Å². The third kappa shape index (κ3) is 4.61. The van der Waals surface area contributed by atoms with Crippen molar-refractivity contribution in [2.45, 2.75) is 20.0 Å². The molecule has 0 aromatic heterocycles. The van der Waals surface area contributed by atoms with Crippen LogP contribution in [0.5, 0.6) is 0 Å². The summed E-state index contributed by atoms with van der Waals surface area (Å²) in [7, 11) is 0. The second-order valence-electron chi connectivity index (χ2n) is 3.17. The van der Waals surface area contributed by atoms with E-state index >= 15 is 0 Å². The number of halogens is 1. The lowest BCUT2D eigenvalue weighted by Gasteiger charge is -2.03. The Labute approximate surface area is 93.0 Å². The molecule has 0 aliphatic carbocycles. The van der Waals surface area contributed by atoms with Gasteiger partial charge in [-0.25, -0.2) is 0 Å². The SMILES string of the molecule is CC(=O)CC(=O)OCc1cccc(Cl)c1. The molecule has 0 N–H and O–H groups in total. The van der Waals surface area contributed by atoms with Crippen LogP contribution in [0.25, 0.3) is 0 Å². The van der Waals surface area contributed by atoms with Crippen LogP contribution in [0, 0.1) is 0 Å². The molecule has 0 bridgehead atoms. The predicted molar refractivity (Wildman–Crippen MR) is 56.5 cm³/mol. The first kappa shape index (κ1) is 11.7. The standard InChI is InChI=1S/C11H11ClO3/c1-8(13)5-11(14)15-7-9-3-2-4-10(12)6-9/h2-4,6H,5,7H2,1H3. The third-order valence-corrected chi connectivity index (χ3v) is 1.92. The first-order chi connectivity index (χ1) is 7.08. The van der Waals surface area contributed by atoms with E-state index in [2.05, 4.69) is 0 Å². The van der Waals surface area contributed by atoms with Crippen molar-refractivity contribution < 1.29 is 14.3 Å². The molecule has 3 nitrogen and oxygen atoms in total. The van der Waals surface area contributed by atoms with Crippen molar-refractivity contribution in [2.24, 2.45) is 0 Å². The number of hydrogen-bond acceptors (Lipinski definition) is 3. The Bertz CT molecular complexity index is 374. The van der Waals surface area contributed by atoms with Crippen molar-refractivity contribution in [1.29, 1.82) is 0 Å². The van der Waals surface area contributed by atoms with Gasteiger partial charge in [0, 0.05) is 5.02 Å². The molecule has 0 aliphatic heterocycles. The molecule has 0 amide bonds. The number of ketones is 1. The number of carbonyl (C=O) groups is 2. The van der Waals surface area contributed by atoms with Crippen LogP contribution in [0.3, 0.4) is 0 Å². The summed E-state index contributed by atoms with van der Waals surface area (Å²) in [5.74, 6) is -0.714. The minimum absolute atomic E-state index is 0.146. The molecule has 0 aliphatic rings. The van der Waals surface area contributed by atoms with Crippen LogP contribution >= 0.6 is 11.6 Å². The van der Waals surface area contributed by atoms with Crippen molar-refractivity contribution in [3.63, 3.8) is 0 Å². The summed E-state index contributed by atoms with van der Waals surface area (Å²) in [6.45, 7) is 1.49. The summed E-state index contributed by atoms with van der Waals surface area (Å²) in [5, 5.41) is 0.593. The number of benzene rings is 1. The second kappa shape index (κ2) is 5.51. The van der Waals surface area contributed by atoms with Gasteiger partial charge in [0.25, 0.3) is 0 Å². The van der Waals surface area contributed by atoms with Gasteiger partial charge in [-0.1, -0.05) is 23.7 Å². The van der Waals surface area contributed by atoms with E-state index in [0.29, 0.717) is 5.02 Å². The van der Waals surface area contributed by atoms with E-state index in [-0.39, 0.29) is 18.8 Å². The van der Waals surface area contributed by atoms with Crippen molar-refractivity contribution in [3.05, 3.63) is 34.9 Å². The van der Waals surface area contributed by atoms with E-state index < -0.39 is 5.97 Å². The van der Waals surface area contributed by atoms with Crippen LogP contribution in [0.4, 0.5) is 0 Å². The van der Waals surface area contributed by atoms with Gasteiger partial charge >= 0.3 is 5.97 Å². The third-order valence-electron chi connectivity index (χ3n) is 1.68. The number of esters is 1. The highest BCUT2D eigenvalue weighted by Gasteiger charge is 2.06. The fourth-order valence-electron chi connectivity index (χ4n) is 1.04. The molecule has 0 atom stereocenters. The summed E-state index contributed by atoms with van der Waals surface area (Å²) in [5.41, 5.74) is 0.805. The average Bonchev–Trinajstić information content (AvgIpc) is 2.14. The molecule has 0 fully saturated rings. The van der Waals surface area contributed by atoms with E-state index in [1.807, 2.05) is 0 Å². The maximum Gasteiger partial charge on any atom is 0.313 e. The Morgan fingerprint density at radius 3 is 2.73 bits per heavy atom.